The summed E-state index contributed by atoms with van der Waals surface area (Å²) in [6.07, 6.45) is -4.56. The topological polar surface area (TPSA) is 9.23 Å². The third-order valence-corrected chi connectivity index (χ3v) is 5.28. The minimum atomic E-state index is -4.56. The van der Waals surface area contributed by atoms with Gasteiger partial charge in [0.1, 0.15) is 5.75 Å². The first kappa shape index (κ1) is 18.8. The summed E-state index contributed by atoms with van der Waals surface area (Å²) >= 11 is 30.0. The Morgan fingerprint density at radius 1 is 0.826 bits per heavy atom. The van der Waals surface area contributed by atoms with Gasteiger partial charge >= 0.3 is 6.18 Å². The van der Waals surface area contributed by atoms with E-state index in [1.54, 1.807) is 0 Å². The average Bonchev–Trinajstić information content (AvgIpc) is 2.50. The highest BCUT2D eigenvalue weighted by Gasteiger charge is 2.32. The van der Waals surface area contributed by atoms with E-state index in [2.05, 4.69) is 0 Å². The minimum absolute atomic E-state index is 0.00204. The van der Waals surface area contributed by atoms with Crippen molar-refractivity contribution in [3.05, 3.63) is 48.9 Å². The summed E-state index contributed by atoms with van der Waals surface area (Å²) in [7, 11) is 1.30. The number of halogens is 8. The van der Waals surface area contributed by atoms with Gasteiger partial charge in [0.05, 0.1) is 37.8 Å². The van der Waals surface area contributed by atoms with E-state index in [-0.39, 0.29) is 42.0 Å². The lowest BCUT2D eigenvalue weighted by molar-refractivity contribution is -0.137. The second-order valence-electron chi connectivity index (χ2n) is 4.36. The number of benzene rings is 2. The normalized spacial score (nSPS) is 11.7. The van der Waals surface area contributed by atoms with Crippen LogP contribution in [0.15, 0.2) is 18.2 Å². The molecule has 1 nitrogen and oxygen atoms in total. The molecular weight excluding hydrogens is 418 g/mol. The first-order chi connectivity index (χ1) is 10.6. The van der Waals surface area contributed by atoms with E-state index in [1.165, 1.54) is 7.11 Å². The predicted molar refractivity (Wildman–Crippen MR) is 88.5 cm³/mol. The smallest absolute Gasteiger partial charge is 0.416 e. The van der Waals surface area contributed by atoms with Gasteiger partial charge in [-0.3, -0.25) is 0 Å². The molecule has 0 fully saturated rings. The van der Waals surface area contributed by atoms with Gasteiger partial charge in [-0.05, 0) is 18.2 Å². The third kappa shape index (κ3) is 3.47. The van der Waals surface area contributed by atoms with Gasteiger partial charge in [0.25, 0.3) is 0 Å². The highest BCUT2D eigenvalue weighted by Crippen LogP contribution is 2.50. The standard InChI is InChI=1S/C14H6Cl5F3O/c1-23-7-3-2-5(14(20,21)22)4-6(7)8-9(15)11(17)13(19)12(18)10(8)16/h2-4H,1H3. The molecule has 0 amide bonds. The lowest BCUT2D eigenvalue weighted by Gasteiger charge is -2.17. The highest BCUT2D eigenvalue weighted by atomic mass is 35.5. The molecule has 0 saturated carbocycles. The van der Waals surface area contributed by atoms with Crippen LogP contribution in [0, 0.1) is 0 Å². The molecule has 2 aromatic carbocycles. The van der Waals surface area contributed by atoms with E-state index in [0.29, 0.717) is 0 Å². The van der Waals surface area contributed by atoms with Crippen molar-refractivity contribution >= 4 is 58.0 Å². The lowest BCUT2D eigenvalue weighted by atomic mass is 10.0. The molecule has 0 saturated heterocycles. The van der Waals surface area contributed by atoms with Crippen LogP contribution in [0.2, 0.25) is 25.1 Å². The maximum atomic E-state index is 13.0. The molecule has 0 bridgehead atoms. The number of hydrogen-bond donors (Lipinski definition) is 0. The van der Waals surface area contributed by atoms with Crippen molar-refractivity contribution in [1.82, 2.24) is 0 Å². The Kier molecular flexibility index (Phi) is 5.54. The first-order valence-electron chi connectivity index (χ1n) is 5.86. The average molecular weight is 424 g/mol. The molecule has 0 heterocycles. The predicted octanol–water partition coefficient (Wildman–Crippen LogP) is 7.65. The minimum Gasteiger partial charge on any atom is -0.496 e. The monoisotopic (exact) mass is 422 g/mol. The Morgan fingerprint density at radius 2 is 1.30 bits per heavy atom. The summed E-state index contributed by atoms with van der Waals surface area (Å²) in [4.78, 5) is 0. The lowest BCUT2D eigenvalue weighted by Crippen LogP contribution is -2.05. The molecule has 2 rings (SSSR count). The van der Waals surface area contributed by atoms with Crippen LogP contribution in [0.3, 0.4) is 0 Å². The Morgan fingerprint density at radius 3 is 1.74 bits per heavy atom. The zero-order valence-electron chi connectivity index (χ0n) is 11.2. The van der Waals surface area contributed by atoms with Crippen molar-refractivity contribution in [3.8, 4) is 16.9 Å². The molecule has 0 aliphatic rings. The molecule has 0 N–H and O–H groups in total. The largest absolute Gasteiger partial charge is 0.496 e. The number of alkyl halides is 3. The van der Waals surface area contributed by atoms with E-state index in [9.17, 15) is 13.2 Å². The fraction of sp³-hybridized carbons (Fsp3) is 0.143. The van der Waals surface area contributed by atoms with E-state index in [1.807, 2.05) is 0 Å². The van der Waals surface area contributed by atoms with Crippen molar-refractivity contribution in [2.75, 3.05) is 7.11 Å². The van der Waals surface area contributed by atoms with Gasteiger partial charge in [0.2, 0.25) is 0 Å². The molecule has 124 valence electrons. The van der Waals surface area contributed by atoms with Crippen molar-refractivity contribution in [2.45, 2.75) is 6.18 Å². The Bertz CT molecular complexity index is 745. The fourth-order valence-corrected chi connectivity index (χ4v) is 3.26. The van der Waals surface area contributed by atoms with E-state index in [0.717, 1.165) is 18.2 Å². The van der Waals surface area contributed by atoms with Crippen molar-refractivity contribution < 1.29 is 17.9 Å². The first-order valence-corrected chi connectivity index (χ1v) is 7.75. The molecular formula is C14H6Cl5F3O. The number of methoxy groups -OCH3 is 1. The van der Waals surface area contributed by atoms with Crippen LogP contribution in [0.4, 0.5) is 13.2 Å². The van der Waals surface area contributed by atoms with Crippen molar-refractivity contribution in [1.29, 1.82) is 0 Å². The quantitative estimate of drug-likeness (QED) is 0.355. The zero-order chi connectivity index (χ0) is 17.5. The van der Waals surface area contributed by atoms with E-state index >= 15 is 0 Å². The fourth-order valence-electron chi connectivity index (χ4n) is 1.92. The van der Waals surface area contributed by atoms with Crippen LogP contribution in [-0.2, 0) is 6.18 Å². The molecule has 0 aliphatic carbocycles. The van der Waals surface area contributed by atoms with E-state index in [4.69, 9.17) is 62.7 Å². The third-order valence-electron chi connectivity index (χ3n) is 3.01. The Balaban J connectivity index is 2.86. The van der Waals surface area contributed by atoms with Gasteiger partial charge in [0.15, 0.2) is 0 Å². The van der Waals surface area contributed by atoms with Gasteiger partial charge < -0.3 is 4.74 Å². The molecule has 0 atom stereocenters. The SMILES string of the molecule is COc1ccc(C(F)(F)F)cc1-c1c(Cl)c(Cl)c(Cl)c(Cl)c1Cl. The van der Waals surface area contributed by atoms with Gasteiger partial charge in [-0.2, -0.15) is 13.2 Å². The molecule has 23 heavy (non-hydrogen) atoms. The van der Waals surface area contributed by atoms with E-state index < -0.39 is 11.7 Å². The second kappa shape index (κ2) is 6.77. The molecule has 0 spiro atoms. The molecule has 0 aliphatic heterocycles. The second-order valence-corrected chi connectivity index (χ2v) is 6.25. The van der Waals surface area contributed by atoms with Crippen LogP contribution in [0.25, 0.3) is 11.1 Å². The molecule has 2 aromatic rings. The van der Waals surface area contributed by atoms with Gasteiger partial charge in [-0.1, -0.05) is 58.0 Å². The Hall–Kier alpha value is -0.520. The van der Waals surface area contributed by atoms with Crippen LogP contribution < -0.4 is 4.74 Å². The molecule has 0 unspecified atom stereocenters. The summed E-state index contributed by atoms with van der Waals surface area (Å²) in [6, 6.07) is 2.89. The van der Waals surface area contributed by atoms with Crippen LogP contribution in [0.5, 0.6) is 5.75 Å². The molecule has 9 heteroatoms. The van der Waals surface area contributed by atoms with Crippen LogP contribution in [-0.4, -0.2) is 7.11 Å². The van der Waals surface area contributed by atoms with Crippen molar-refractivity contribution in [3.63, 3.8) is 0 Å². The number of rotatable bonds is 2. The zero-order valence-corrected chi connectivity index (χ0v) is 14.9. The van der Waals surface area contributed by atoms with Gasteiger partial charge in [-0.15, -0.1) is 0 Å². The number of hydrogen-bond acceptors (Lipinski definition) is 1. The molecule has 0 radical (unpaired) electrons. The summed E-state index contributed by atoms with van der Waals surface area (Å²) in [5.41, 5.74) is -0.892. The van der Waals surface area contributed by atoms with Crippen LogP contribution in [0.1, 0.15) is 5.56 Å². The Labute approximate surface area is 154 Å². The van der Waals surface area contributed by atoms with Crippen molar-refractivity contribution in [2.24, 2.45) is 0 Å². The summed E-state index contributed by atoms with van der Waals surface area (Å²) in [5, 5.41) is -0.556. The van der Waals surface area contributed by atoms with Gasteiger partial charge in [0, 0.05) is 11.1 Å². The summed E-state index contributed by atoms with van der Waals surface area (Å²) in [5.74, 6) is 0.122. The summed E-state index contributed by atoms with van der Waals surface area (Å²) in [6.45, 7) is 0. The highest BCUT2D eigenvalue weighted by molar-refractivity contribution is 6.56. The molecule has 0 aromatic heterocycles. The van der Waals surface area contributed by atoms with Crippen LogP contribution >= 0.6 is 58.0 Å². The van der Waals surface area contributed by atoms with Gasteiger partial charge in [-0.25, -0.2) is 0 Å². The summed E-state index contributed by atoms with van der Waals surface area (Å²) < 4.78 is 44.0. The maximum Gasteiger partial charge on any atom is 0.416 e. The maximum absolute atomic E-state index is 13.0. The number of ether oxygens (including phenoxy) is 1.